The van der Waals surface area contributed by atoms with Crippen LogP contribution in [0.2, 0.25) is 0 Å². The molecule has 3 nitrogen and oxygen atoms in total. The minimum atomic E-state index is -0.959. The lowest BCUT2D eigenvalue weighted by Crippen LogP contribution is -1.91. The van der Waals surface area contributed by atoms with E-state index in [9.17, 15) is 4.79 Å². The largest absolute Gasteiger partial charge is 0.478 e. The second-order valence-electron chi connectivity index (χ2n) is 3.21. The van der Waals surface area contributed by atoms with Gasteiger partial charge in [0.2, 0.25) is 0 Å². The van der Waals surface area contributed by atoms with Gasteiger partial charge in [0, 0.05) is 4.90 Å². The standard InChI is InChI=1S/C12H10O3S/c13-12(14)9-6-10(15-7-9)8-16-11-4-2-1-3-5-11/h1-7H,8H2,(H,13,14). The van der Waals surface area contributed by atoms with Crippen LogP contribution in [0.3, 0.4) is 0 Å². The summed E-state index contributed by atoms with van der Waals surface area (Å²) in [6, 6.07) is 11.5. The number of rotatable bonds is 4. The van der Waals surface area contributed by atoms with Crippen molar-refractivity contribution in [3.63, 3.8) is 0 Å². The van der Waals surface area contributed by atoms with E-state index in [1.807, 2.05) is 30.3 Å². The summed E-state index contributed by atoms with van der Waals surface area (Å²) in [5.74, 6) is 0.350. The Hall–Kier alpha value is -1.68. The monoisotopic (exact) mass is 234 g/mol. The number of thioether (sulfide) groups is 1. The molecule has 0 unspecified atom stereocenters. The lowest BCUT2D eigenvalue weighted by Gasteiger charge is -1.97. The molecule has 2 rings (SSSR count). The average molecular weight is 234 g/mol. The van der Waals surface area contributed by atoms with E-state index in [4.69, 9.17) is 9.52 Å². The zero-order valence-electron chi connectivity index (χ0n) is 8.42. The topological polar surface area (TPSA) is 50.4 Å². The Morgan fingerprint density at radius 3 is 2.69 bits per heavy atom. The molecule has 82 valence electrons. The molecule has 0 aliphatic rings. The number of carboxylic acids is 1. The van der Waals surface area contributed by atoms with Gasteiger partial charge in [0.1, 0.15) is 12.0 Å². The Labute approximate surface area is 97.1 Å². The third kappa shape index (κ3) is 2.67. The van der Waals surface area contributed by atoms with Gasteiger partial charge in [0.15, 0.2) is 0 Å². The summed E-state index contributed by atoms with van der Waals surface area (Å²) in [6.45, 7) is 0. The molecule has 0 aliphatic carbocycles. The average Bonchev–Trinajstić information content (AvgIpc) is 2.76. The Kier molecular flexibility index (Phi) is 3.31. The molecule has 1 aromatic carbocycles. The van der Waals surface area contributed by atoms with E-state index >= 15 is 0 Å². The SMILES string of the molecule is O=C(O)c1coc(CSc2ccccc2)c1. The van der Waals surface area contributed by atoms with Crippen LogP contribution in [0.1, 0.15) is 16.1 Å². The molecule has 4 heteroatoms. The van der Waals surface area contributed by atoms with Gasteiger partial charge in [-0.25, -0.2) is 4.79 Å². The summed E-state index contributed by atoms with van der Waals surface area (Å²) < 4.78 is 5.15. The van der Waals surface area contributed by atoms with Gasteiger partial charge in [-0.2, -0.15) is 0 Å². The number of hydrogen-bond acceptors (Lipinski definition) is 3. The highest BCUT2D eigenvalue weighted by Gasteiger charge is 2.08. The summed E-state index contributed by atoms with van der Waals surface area (Å²) >= 11 is 1.61. The molecule has 16 heavy (non-hydrogen) atoms. The predicted octanol–water partition coefficient (Wildman–Crippen LogP) is 3.27. The highest BCUT2D eigenvalue weighted by molar-refractivity contribution is 7.98. The molecule has 0 amide bonds. The van der Waals surface area contributed by atoms with E-state index in [1.165, 1.54) is 6.26 Å². The van der Waals surface area contributed by atoms with Crippen LogP contribution in [0.25, 0.3) is 0 Å². The van der Waals surface area contributed by atoms with Gasteiger partial charge in [-0.15, -0.1) is 11.8 Å². The van der Waals surface area contributed by atoms with Crippen molar-refractivity contribution in [2.75, 3.05) is 0 Å². The molecule has 0 radical (unpaired) electrons. The maximum atomic E-state index is 10.6. The third-order valence-electron chi connectivity index (χ3n) is 2.03. The maximum absolute atomic E-state index is 10.6. The van der Waals surface area contributed by atoms with E-state index in [0.29, 0.717) is 11.5 Å². The zero-order chi connectivity index (χ0) is 11.4. The molecule has 0 saturated carbocycles. The maximum Gasteiger partial charge on any atom is 0.338 e. The molecule has 1 aromatic heterocycles. The molecular formula is C12H10O3S. The highest BCUT2D eigenvalue weighted by Crippen LogP contribution is 2.23. The fourth-order valence-electron chi connectivity index (χ4n) is 1.24. The molecule has 0 saturated heterocycles. The van der Waals surface area contributed by atoms with Crippen LogP contribution >= 0.6 is 11.8 Å². The minimum Gasteiger partial charge on any atom is -0.478 e. The number of aromatic carboxylic acids is 1. The van der Waals surface area contributed by atoms with Gasteiger partial charge in [-0.1, -0.05) is 18.2 Å². The van der Waals surface area contributed by atoms with Crippen molar-refractivity contribution in [3.8, 4) is 0 Å². The summed E-state index contributed by atoms with van der Waals surface area (Å²) in [6.07, 6.45) is 1.27. The van der Waals surface area contributed by atoms with Crippen LogP contribution in [0.5, 0.6) is 0 Å². The second kappa shape index (κ2) is 4.90. The number of hydrogen-bond donors (Lipinski definition) is 1. The van der Waals surface area contributed by atoms with E-state index in [0.717, 1.165) is 4.90 Å². The fraction of sp³-hybridized carbons (Fsp3) is 0.0833. The first-order chi connectivity index (χ1) is 7.75. The van der Waals surface area contributed by atoms with Crippen LogP contribution in [0, 0.1) is 0 Å². The van der Waals surface area contributed by atoms with Crippen LogP contribution in [0.15, 0.2) is 52.0 Å². The lowest BCUT2D eigenvalue weighted by atomic mass is 10.3. The highest BCUT2D eigenvalue weighted by atomic mass is 32.2. The fourth-order valence-corrected chi connectivity index (χ4v) is 2.05. The Bertz CT molecular complexity index is 476. The third-order valence-corrected chi connectivity index (χ3v) is 3.06. The van der Waals surface area contributed by atoms with Gasteiger partial charge in [0.25, 0.3) is 0 Å². The predicted molar refractivity (Wildman–Crippen MR) is 61.7 cm³/mol. The van der Waals surface area contributed by atoms with Gasteiger partial charge in [-0.3, -0.25) is 0 Å². The molecule has 1 heterocycles. The minimum absolute atomic E-state index is 0.198. The van der Waals surface area contributed by atoms with E-state index in [1.54, 1.807) is 17.8 Å². The van der Waals surface area contributed by atoms with Gasteiger partial charge in [0.05, 0.1) is 11.3 Å². The van der Waals surface area contributed by atoms with E-state index < -0.39 is 5.97 Å². The summed E-state index contributed by atoms with van der Waals surface area (Å²) in [4.78, 5) is 11.8. The molecule has 2 aromatic rings. The second-order valence-corrected chi connectivity index (χ2v) is 4.26. The van der Waals surface area contributed by atoms with Crippen molar-refractivity contribution in [2.24, 2.45) is 0 Å². The molecule has 0 atom stereocenters. The first-order valence-corrected chi connectivity index (χ1v) is 5.73. The number of benzene rings is 1. The summed E-state index contributed by atoms with van der Waals surface area (Å²) in [5, 5.41) is 8.72. The van der Waals surface area contributed by atoms with Crippen molar-refractivity contribution in [1.82, 2.24) is 0 Å². The molecule has 0 aliphatic heterocycles. The summed E-state index contributed by atoms with van der Waals surface area (Å²) in [5.41, 5.74) is 0.198. The Morgan fingerprint density at radius 2 is 2.06 bits per heavy atom. The number of carbonyl (C=O) groups is 1. The number of carboxylic acid groups (broad SMARTS) is 1. The number of furan rings is 1. The normalized spacial score (nSPS) is 10.2. The lowest BCUT2D eigenvalue weighted by molar-refractivity contribution is 0.0696. The van der Waals surface area contributed by atoms with Crippen molar-refractivity contribution < 1.29 is 14.3 Å². The van der Waals surface area contributed by atoms with Gasteiger partial charge >= 0.3 is 5.97 Å². The van der Waals surface area contributed by atoms with Crippen LogP contribution in [-0.2, 0) is 5.75 Å². The van der Waals surface area contributed by atoms with Crippen LogP contribution in [-0.4, -0.2) is 11.1 Å². The van der Waals surface area contributed by atoms with E-state index in [-0.39, 0.29) is 5.56 Å². The van der Waals surface area contributed by atoms with Gasteiger partial charge in [-0.05, 0) is 18.2 Å². The smallest absolute Gasteiger partial charge is 0.338 e. The first kappa shape index (κ1) is 10.8. The van der Waals surface area contributed by atoms with Gasteiger partial charge < -0.3 is 9.52 Å². The van der Waals surface area contributed by atoms with E-state index in [2.05, 4.69) is 0 Å². The van der Waals surface area contributed by atoms with Crippen LogP contribution in [0.4, 0.5) is 0 Å². The van der Waals surface area contributed by atoms with Crippen molar-refractivity contribution >= 4 is 17.7 Å². The van der Waals surface area contributed by atoms with Crippen molar-refractivity contribution in [1.29, 1.82) is 0 Å². The zero-order valence-corrected chi connectivity index (χ0v) is 9.24. The first-order valence-electron chi connectivity index (χ1n) is 4.74. The molecular weight excluding hydrogens is 224 g/mol. The Balaban J connectivity index is 1.97. The Morgan fingerprint density at radius 1 is 1.31 bits per heavy atom. The molecule has 1 N–H and O–H groups in total. The molecule has 0 bridgehead atoms. The van der Waals surface area contributed by atoms with Crippen LogP contribution < -0.4 is 0 Å². The molecule has 0 spiro atoms. The van der Waals surface area contributed by atoms with Crippen molar-refractivity contribution in [3.05, 3.63) is 54.0 Å². The summed E-state index contributed by atoms with van der Waals surface area (Å²) in [7, 11) is 0. The molecule has 0 fully saturated rings. The van der Waals surface area contributed by atoms with Crippen molar-refractivity contribution in [2.45, 2.75) is 10.6 Å². The quantitative estimate of drug-likeness (QED) is 0.825.